The first-order valence-corrected chi connectivity index (χ1v) is 8.66. The zero-order valence-corrected chi connectivity index (χ0v) is 14.9. The van der Waals surface area contributed by atoms with Crippen molar-refractivity contribution in [3.63, 3.8) is 0 Å². The largest absolute Gasteiger partial charge is 0.375 e. The van der Waals surface area contributed by atoms with Gasteiger partial charge in [-0.05, 0) is 26.0 Å². The van der Waals surface area contributed by atoms with Crippen LogP contribution in [0.1, 0.15) is 33.1 Å². The summed E-state index contributed by atoms with van der Waals surface area (Å²) in [7, 11) is 0. The third-order valence-electron chi connectivity index (χ3n) is 4.30. The molecule has 25 heavy (non-hydrogen) atoms. The summed E-state index contributed by atoms with van der Waals surface area (Å²) in [6.07, 6.45) is 0.586. The molecule has 0 unspecified atom stereocenters. The average molecular weight is 343 g/mol. The Balaban J connectivity index is 1.96. The maximum atomic E-state index is 12.6. The minimum Gasteiger partial charge on any atom is -0.375 e. The van der Waals surface area contributed by atoms with Crippen molar-refractivity contribution in [3.8, 4) is 6.07 Å². The van der Waals surface area contributed by atoms with E-state index in [1.54, 1.807) is 9.80 Å². The van der Waals surface area contributed by atoms with E-state index in [-0.39, 0.29) is 43.2 Å². The van der Waals surface area contributed by atoms with Gasteiger partial charge < -0.3 is 14.5 Å². The van der Waals surface area contributed by atoms with Gasteiger partial charge in [0, 0.05) is 31.6 Å². The van der Waals surface area contributed by atoms with Crippen molar-refractivity contribution in [2.75, 3.05) is 24.6 Å². The Hall–Kier alpha value is -2.39. The molecule has 0 aliphatic carbocycles. The number of carbonyl (C=O) groups excluding carboxylic acids is 2. The van der Waals surface area contributed by atoms with Crippen LogP contribution < -0.4 is 4.90 Å². The van der Waals surface area contributed by atoms with Gasteiger partial charge in [0.15, 0.2) is 0 Å². The number of nitriles is 1. The minimum atomic E-state index is -0.135. The first-order chi connectivity index (χ1) is 12.0. The Bertz CT molecular complexity index is 627. The topological polar surface area (TPSA) is 73.6 Å². The van der Waals surface area contributed by atoms with Crippen LogP contribution in [0.5, 0.6) is 0 Å². The Morgan fingerprint density at radius 2 is 2.00 bits per heavy atom. The number of para-hydroxylation sites is 1. The van der Waals surface area contributed by atoms with E-state index >= 15 is 0 Å². The number of hydrogen-bond donors (Lipinski definition) is 0. The summed E-state index contributed by atoms with van der Waals surface area (Å²) in [6.45, 7) is 5.31. The Morgan fingerprint density at radius 3 is 2.68 bits per heavy atom. The van der Waals surface area contributed by atoms with Crippen molar-refractivity contribution in [2.45, 2.75) is 45.3 Å². The van der Waals surface area contributed by atoms with Crippen molar-refractivity contribution >= 4 is 17.5 Å². The SMILES string of the molecule is C[C@@H]1CN(C(=O)CCC(=O)N(CCC#N)c2ccccc2)[C@H](C)CO1. The fourth-order valence-corrected chi connectivity index (χ4v) is 2.91. The highest BCUT2D eigenvalue weighted by Crippen LogP contribution is 2.17. The molecule has 0 spiro atoms. The van der Waals surface area contributed by atoms with E-state index in [0.29, 0.717) is 19.7 Å². The van der Waals surface area contributed by atoms with Gasteiger partial charge in [-0.3, -0.25) is 9.59 Å². The molecule has 0 saturated carbocycles. The number of rotatable bonds is 6. The first kappa shape index (κ1) is 18.9. The second-order valence-electron chi connectivity index (χ2n) is 6.33. The molecule has 1 heterocycles. The Kier molecular flexibility index (Phi) is 6.96. The van der Waals surface area contributed by atoms with Gasteiger partial charge in [-0.25, -0.2) is 0 Å². The third kappa shape index (κ3) is 5.30. The smallest absolute Gasteiger partial charge is 0.227 e. The molecule has 0 bridgehead atoms. The predicted molar refractivity (Wildman–Crippen MR) is 94.8 cm³/mol. The van der Waals surface area contributed by atoms with Crippen LogP contribution in [0.2, 0.25) is 0 Å². The number of benzene rings is 1. The van der Waals surface area contributed by atoms with Crippen LogP contribution in [0.4, 0.5) is 5.69 Å². The van der Waals surface area contributed by atoms with Crippen LogP contribution in [0.15, 0.2) is 30.3 Å². The molecule has 1 aliphatic heterocycles. The van der Waals surface area contributed by atoms with E-state index in [0.717, 1.165) is 5.69 Å². The second-order valence-corrected chi connectivity index (χ2v) is 6.33. The van der Waals surface area contributed by atoms with Crippen molar-refractivity contribution in [1.82, 2.24) is 4.90 Å². The zero-order chi connectivity index (χ0) is 18.2. The molecule has 0 radical (unpaired) electrons. The summed E-state index contributed by atoms with van der Waals surface area (Å²) in [5.74, 6) is -0.159. The van der Waals surface area contributed by atoms with Crippen molar-refractivity contribution in [2.24, 2.45) is 0 Å². The molecule has 0 aromatic heterocycles. The molecular formula is C19H25N3O3. The summed E-state index contributed by atoms with van der Waals surface area (Å²) in [4.78, 5) is 28.5. The van der Waals surface area contributed by atoms with E-state index in [1.807, 2.05) is 44.2 Å². The highest BCUT2D eigenvalue weighted by atomic mass is 16.5. The number of ether oxygens (including phenoxy) is 1. The monoisotopic (exact) mass is 343 g/mol. The van der Waals surface area contributed by atoms with Crippen LogP contribution in [-0.4, -0.2) is 48.6 Å². The lowest BCUT2D eigenvalue weighted by Gasteiger charge is -2.37. The van der Waals surface area contributed by atoms with Crippen LogP contribution in [0.25, 0.3) is 0 Å². The van der Waals surface area contributed by atoms with E-state index in [9.17, 15) is 9.59 Å². The highest BCUT2D eigenvalue weighted by Gasteiger charge is 2.28. The lowest BCUT2D eigenvalue weighted by atomic mass is 10.1. The van der Waals surface area contributed by atoms with Gasteiger partial charge in [0.05, 0.1) is 31.2 Å². The normalized spacial score (nSPS) is 20.0. The number of morpholine rings is 1. The predicted octanol–water partition coefficient (Wildman–Crippen LogP) is 2.35. The molecule has 2 amide bonds. The fourth-order valence-electron chi connectivity index (χ4n) is 2.91. The van der Waals surface area contributed by atoms with Gasteiger partial charge >= 0.3 is 0 Å². The van der Waals surface area contributed by atoms with E-state index in [2.05, 4.69) is 6.07 Å². The average Bonchev–Trinajstić information content (AvgIpc) is 2.63. The van der Waals surface area contributed by atoms with Crippen LogP contribution in [-0.2, 0) is 14.3 Å². The zero-order valence-electron chi connectivity index (χ0n) is 14.9. The summed E-state index contributed by atoms with van der Waals surface area (Å²) >= 11 is 0. The Labute approximate surface area is 149 Å². The molecule has 1 fully saturated rings. The number of amides is 2. The van der Waals surface area contributed by atoms with E-state index < -0.39 is 0 Å². The van der Waals surface area contributed by atoms with Gasteiger partial charge in [-0.1, -0.05) is 18.2 Å². The van der Waals surface area contributed by atoms with Crippen molar-refractivity contribution in [1.29, 1.82) is 5.26 Å². The van der Waals surface area contributed by atoms with E-state index in [4.69, 9.17) is 10.00 Å². The number of hydrogen-bond acceptors (Lipinski definition) is 4. The van der Waals surface area contributed by atoms with Crippen molar-refractivity contribution in [3.05, 3.63) is 30.3 Å². The Morgan fingerprint density at radius 1 is 1.28 bits per heavy atom. The quantitative estimate of drug-likeness (QED) is 0.795. The van der Waals surface area contributed by atoms with Gasteiger partial charge in [0.25, 0.3) is 0 Å². The van der Waals surface area contributed by atoms with Gasteiger partial charge in [-0.15, -0.1) is 0 Å². The van der Waals surface area contributed by atoms with Crippen LogP contribution >= 0.6 is 0 Å². The molecule has 1 aromatic carbocycles. The summed E-state index contributed by atoms with van der Waals surface area (Å²) in [5.41, 5.74) is 0.753. The third-order valence-corrected chi connectivity index (χ3v) is 4.30. The van der Waals surface area contributed by atoms with E-state index in [1.165, 1.54) is 0 Å². The standard InChI is InChI=1S/C19H25N3O3/c1-15-14-25-16(2)13-22(15)19(24)10-9-18(23)21(12-6-11-20)17-7-4-3-5-8-17/h3-5,7-8,15-16H,6,9-10,12-14H2,1-2H3/t15-,16-/m1/s1. The fraction of sp³-hybridized carbons (Fsp3) is 0.526. The second kappa shape index (κ2) is 9.19. The lowest BCUT2D eigenvalue weighted by Crippen LogP contribution is -2.50. The number of anilines is 1. The van der Waals surface area contributed by atoms with Crippen LogP contribution in [0, 0.1) is 11.3 Å². The number of nitrogens with zero attached hydrogens (tertiary/aromatic N) is 3. The van der Waals surface area contributed by atoms with Gasteiger partial charge in [-0.2, -0.15) is 5.26 Å². The van der Waals surface area contributed by atoms with Gasteiger partial charge in [0.2, 0.25) is 11.8 Å². The maximum absolute atomic E-state index is 12.6. The molecule has 1 aromatic rings. The summed E-state index contributed by atoms with van der Waals surface area (Å²) in [6, 6.07) is 11.3. The molecule has 2 rings (SSSR count). The first-order valence-electron chi connectivity index (χ1n) is 8.66. The summed E-state index contributed by atoms with van der Waals surface area (Å²) in [5, 5.41) is 8.83. The number of carbonyl (C=O) groups is 2. The molecule has 1 aliphatic rings. The molecule has 0 N–H and O–H groups in total. The molecule has 2 atom stereocenters. The molecule has 1 saturated heterocycles. The molecule has 134 valence electrons. The lowest BCUT2D eigenvalue weighted by molar-refractivity contribution is -0.144. The van der Waals surface area contributed by atoms with Crippen molar-refractivity contribution < 1.29 is 14.3 Å². The van der Waals surface area contributed by atoms with Gasteiger partial charge in [0.1, 0.15) is 0 Å². The summed E-state index contributed by atoms with van der Waals surface area (Å²) < 4.78 is 5.54. The molecular weight excluding hydrogens is 318 g/mol. The molecule has 6 heteroatoms. The van der Waals surface area contributed by atoms with Crippen LogP contribution in [0.3, 0.4) is 0 Å². The maximum Gasteiger partial charge on any atom is 0.227 e. The highest BCUT2D eigenvalue weighted by molar-refractivity contribution is 5.95. The molecule has 6 nitrogen and oxygen atoms in total. The minimum absolute atomic E-state index is 0.0206.